The molecule has 1 aromatic rings. The van der Waals surface area contributed by atoms with Crippen LogP contribution in [0.3, 0.4) is 0 Å². The van der Waals surface area contributed by atoms with E-state index in [0.717, 1.165) is 25.9 Å². The van der Waals surface area contributed by atoms with Crippen molar-refractivity contribution >= 4 is 17.5 Å². The van der Waals surface area contributed by atoms with E-state index in [4.69, 9.17) is 5.73 Å². The van der Waals surface area contributed by atoms with Gasteiger partial charge in [0.1, 0.15) is 0 Å². The van der Waals surface area contributed by atoms with Crippen molar-refractivity contribution in [3.8, 4) is 0 Å². The van der Waals surface area contributed by atoms with Crippen molar-refractivity contribution in [2.24, 2.45) is 0 Å². The molecule has 0 radical (unpaired) electrons. The predicted molar refractivity (Wildman–Crippen MR) is 79.0 cm³/mol. The van der Waals surface area contributed by atoms with Crippen LogP contribution in [-0.2, 0) is 0 Å². The fourth-order valence-corrected chi connectivity index (χ4v) is 4.10. The van der Waals surface area contributed by atoms with Crippen LogP contribution in [0.5, 0.6) is 0 Å². The van der Waals surface area contributed by atoms with E-state index in [1.807, 2.05) is 0 Å². The molecular weight excluding hydrogens is 266 g/mol. The summed E-state index contributed by atoms with van der Waals surface area (Å²) in [7, 11) is 0. The number of nitrogens with two attached hydrogens (primary N) is 1. The molecule has 5 nitrogen and oxygen atoms in total. The second-order valence-corrected chi connectivity index (χ2v) is 6.24. The summed E-state index contributed by atoms with van der Waals surface area (Å²) in [5, 5.41) is 0. The number of piperidine rings is 1. The number of carbonyl (C=O) groups is 2. The molecule has 110 valence electrons. The fraction of sp³-hybridized carbons (Fsp3) is 0.500. The van der Waals surface area contributed by atoms with E-state index in [9.17, 15) is 9.59 Å². The Kier molecular flexibility index (Phi) is 2.79. The normalized spacial score (nSPS) is 28.9. The Morgan fingerprint density at radius 1 is 0.952 bits per heavy atom. The van der Waals surface area contributed by atoms with Crippen LogP contribution in [-0.4, -0.2) is 46.8 Å². The van der Waals surface area contributed by atoms with Gasteiger partial charge in [-0.2, -0.15) is 0 Å². The topological polar surface area (TPSA) is 66.6 Å². The van der Waals surface area contributed by atoms with Gasteiger partial charge < -0.3 is 5.73 Å². The second-order valence-electron chi connectivity index (χ2n) is 6.24. The van der Waals surface area contributed by atoms with Crippen molar-refractivity contribution in [2.45, 2.75) is 37.8 Å². The minimum Gasteiger partial charge on any atom is -0.399 e. The number of carbonyl (C=O) groups excluding carboxylic acids is 2. The lowest BCUT2D eigenvalue weighted by molar-refractivity contribution is 0.0519. The van der Waals surface area contributed by atoms with E-state index in [1.54, 1.807) is 18.2 Å². The van der Waals surface area contributed by atoms with Gasteiger partial charge in [-0.3, -0.25) is 19.4 Å². The van der Waals surface area contributed by atoms with Crippen LogP contribution < -0.4 is 5.73 Å². The Balaban J connectivity index is 1.68. The molecule has 1 aromatic carbocycles. The summed E-state index contributed by atoms with van der Waals surface area (Å²) < 4.78 is 0. The number of amides is 2. The molecule has 2 saturated heterocycles. The molecule has 3 aliphatic rings. The molecule has 2 N–H and O–H groups in total. The maximum absolute atomic E-state index is 12.7. The standard InChI is InChI=1S/C16H19N3O2/c17-10-4-5-11-12(9-10)16(21)19(15(11)20)14-6-8-18-7-2-1-3-13(14)18/h4-5,9,13-14H,1-3,6-8,17H2. The molecule has 0 aromatic heterocycles. The molecular formula is C16H19N3O2. The number of imide groups is 1. The van der Waals surface area contributed by atoms with Crippen LogP contribution in [0.2, 0.25) is 0 Å². The molecule has 2 fully saturated rings. The quantitative estimate of drug-likeness (QED) is 0.627. The van der Waals surface area contributed by atoms with E-state index in [0.29, 0.717) is 22.9 Å². The summed E-state index contributed by atoms with van der Waals surface area (Å²) in [4.78, 5) is 29.2. The van der Waals surface area contributed by atoms with Gasteiger partial charge in [-0.05, 0) is 44.0 Å². The molecule has 5 heteroatoms. The van der Waals surface area contributed by atoms with Gasteiger partial charge in [0.2, 0.25) is 0 Å². The summed E-state index contributed by atoms with van der Waals surface area (Å²) in [5.74, 6) is -0.313. The Morgan fingerprint density at radius 2 is 1.76 bits per heavy atom. The van der Waals surface area contributed by atoms with E-state index >= 15 is 0 Å². The number of nitrogens with zero attached hydrogens (tertiary/aromatic N) is 2. The van der Waals surface area contributed by atoms with Gasteiger partial charge in [-0.15, -0.1) is 0 Å². The molecule has 0 aliphatic carbocycles. The average molecular weight is 285 g/mol. The van der Waals surface area contributed by atoms with Crippen molar-refractivity contribution in [1.82, 2.24) is 9.80 Å². The van der Waals surface area contributed by atoms with Crippen LogP contribution in [0.4, 0.5) is 5.69 Å². The Morgan fingerprint density at radius 3 is 2.62 bits per heavy atom. The number of nitrogen functional groups attached to an aromatic ring is 1. The number of fused-ring (bicyclic) bond motifs is 2. The fourth-order valence-electron chi connectivity index (χ4n) is 4.10. The summed E-state index contributed by atoms with van der Waals surface area (Å²) >= 11 is 0. The van der Waals surface area contributed by atoms with E-state index in [2.05, 4.69) is 4.90 Å². The number of hydrogen-bond donors (Lipinski definition) is 1. The first-order valence-electron chi connectivity index (χ1n) is 7.68. The zero-order valence-corrected chi connectivity index (χ0v) is 11.9. The maximum Gasteiger partial charge on any atom is 0.261 e. The van der Waals surface area contributed by atoms with Gasteiger partial charge in [0.15, 0.2) is 0 Å². The Labute approximate surface area is 123 Å². The lowest BCUT2D eigenvalue weighted by atomic mass is 9.98. The molecule has 0 saturated carbocycles. The smallest absolute Gasteiger partial charge is 0.261 e. The minimum atomic E-state index is -0.167. The highest BCUT2D eigenvalue weighted by Gasteiger charge is 2.47. The van der Waals surface area contributed by atoms with Gasteiger partial charge in [0.25, 0.3) is 11.8 Å². The molecule has 3 heterocycles. The van der Waals surface area contributed by atoms with Crippen molar-refractivity contribution < 1.29 is 9.59 Å². The highest BCUT2D eigenvalue weighted by atomic mass is 16.2. The van der Waals surface area contributed by atoms with Gasteiger partial charge >= 0.3 is 0 Å². The zero-order valence-electron chi connectivity index (χ0n) is 11.9. The first kappa shape index (κ1) is 12.8. The molecule has 2 unspecified atom stereocenters. The van der Waals surface area contributed by atoms with E-state index in [-0.39, 0.29) is 17.9 Å². The third-order valence-corrected chi connectivity index (χ3v) is 5.09. The predicted octanol–water partition coefficient (Wildman–Crippen LogP) is 1.49. The molecule has 2 amide bonds. The summed E-state index contributed by atoms with van der Waals surface area (Å²) in [6.07, 6.45) is 4.39. The monoisotopic (exact) mass is 285 g/mol. The van der Waals surface area contributed by atoms with E-state index < -0.39 is 0 Å². The van der Waals surface area contributed by atoms with Crippen LogP contribution in [0.25, 0.3) is 0 Å². The third-order valence-electron chi connectivity index (χ3n) is 5.09. The largest absolute Gasteiger partial charge is 0.399 e. The highest BCUT2D eigenvalue weighted by molar-refractivity contribution is 6.22. The third kappa shape index (κ3) is 1.80. The number of rotatable bonds is 1. The minimum absolute atomic E-state index is 0.0268. The van der Waals surface area contributed by atoms with Gasteiger partial charge in [-0.1, -0.05) is 6.42 Å². The van der Waals surface area contributed by atoms with E-state index in [1.165, 1.54) is 17.7 Å². The summed E-state index contributed by atoms with van der Waals surface area (Å²) in [6.45, 7) is 2.09. The first-order chi connectivity index (χ1) is 10.2. The van der Waals surface area contributed by atoms with Gasteiger partial charge in [0, 0.05) is 18.3 Å². The second kappa shape index (κ2) is 4.56. The molecule has 4 rings (SSSR count). The first-order valence-corrected chi connectivity index (χ1v) is 7.68. The van der Waals surface area contributed by atoms with Crippen LogP contribution in [0, 0.1) is 0 Å². The zero-order chi connectivity index (χ0) is 14.6. The molecule has 3 aliphatic heterocycles. The van der Waals surface area contributed by atoms with Gasteiger partial charge in [0.05, 0.1) is 17.2 Å². The van der Waals surface area contributed by atoms with Crippen molar-refractivity contribution in [3.63, 3.8) is 0 Å². The summed E-state index contributed by atoms with van der Waals surface area (Å²) in [6, 6.07) is 5.37. The number of anilines is 1. The Bertz CT molecular complexity index is 628. The van der Waals surface area contributed by atoms with Crippen LogP contribution in [0.1, 0.15) is 46.4 Å². The molecule has 0 bridgehead atoms. The summed E-state index contributed by atoms with van der Waals surface area (Å²) in [5.41, 5.74) is 7.25. The molecule has 2 atom stereocenters. The van der Waals surface area contributed by atoms with Crippen molar-refractivity contribution in [1.29, 1.82) is 0 Å². The Hall–Kier alpha value is -1.88. The number of hydrogen-bond acceptors (Lipinski definition) is 4. The highest BCUT2D eigenvalue weighted by Crippen LogP contribution is 2.35. The maximum atomic E-state index is 12.7. The van der Waals surface area contributed by atoms with Crippen molar-refractivity contribution in [3.05, 3.63) is 29.3 Å². The van der Waals surface area contributed by atoms with Crippen LogP contribution in [0.15, 0.2) is 18.2 Å². The lowest BCUT2D eigenvalue weighted by Gasteiger charge is -2.35. The average Bonchev–Trinajstić information content (AvgIpc) is 3.00. The SMILES string of the molecule is Nc1ccc2c(c1)C(=O)N(C1CCN3CCCCC13)C2=O. The van der Waals surface area contributed by atoms with Gasteiger partial charge in [-0.25, -0.2) is 0 Å². The lowest BCUT2D eigenvalue weighted by Crippen LogP contribution is -2.49. The number of benzene rings is 1. The van der Waals surface area contributed by atoms with Crippen molar-refractivity contribution in [2.75, 3.05) is 18.8 Å². The molecule has 21 heavy (non-hydrogen) atoms. The van der Waals surface area contributed by atoms with Crippen LogP contribution >= 0.6 is 0 Å². The molecule has 0 spiro atoms.